The zero-order valence-corrected chi connectivity index (χ0v) is 26.4. The molecule has 1 amide bonds. The highest BCUT2D eigenvalue weighted by molar-refractivity contribution is 5.94. The normalized spacial score (nSPS) is 41.6. The summed E-state index contributed by atoms with van der Waals surface area (Å²) >= 11 is 0. The van der Waals surface area contributed by atoms with Crippen LogP contribution in [-0.4, -0.2) is 71.5 Å². The minimum absolute atomic E-state index is 0.0918. The van der Waals surface area contributed by atoms with Crippen molar-refractivity contribution in [2.24, 2.45) is 34.0 Å². The molecule has 7 heteroatoms. The summed E-state index contributed by atoms with van der Waals surface area (Å²) in [7, 11) is 4.19. The van der Waals surface area contributed by atoms with Gasteiger partial charge in [-0.05, 0) is 75.6 Å². The Morgan fingerprint density at radius 2 is 1.81 bits per heavy atom. The number of ether oxygens (including phenoxy) is 1. The first-order valence-corrected chi connectivity index (χ1v) is 15.6. The minimum Gasteiger partial charge on any atom is -0.462 e. The van der Waals surface area contributed by atoms with E-state index in [9.17, 15) is 19.8 Å². The maximum Gasteiger partial charge on any atom is 0.302 e. The Bertz CT molecular complexity index is 1260. The second kappa shape index (κ2) is 10.9. The summed E-state index contributed by atoms with van der Waals surface area (Å²) in [5, 5.41) is 26.3. The summed E-state index contributed by atoms with van der Waals surface area (Å²) in [5.74, 6) is -0.273. The third-order valence-corrected chi connectivity index (χ3v) is 12.3. The van der Waals surface area contributed by atoms with E-state index in [1.54, 1.807) is 12.1 Å². The van der Waals surface area contributed by atoms with E-state index in [-0.39, 0.29) is 59.2 Å². The number of hydrogen-bond acceptors (Lipinski definition) is 6. The lowest BCUT2D eigenvalue weighted by atomic mass is 9.51. The van der Waals surface area contributed by atoms with Gasteiger partial charge in [-0.15, -0.1) is 0 Å². The number of benzene rings is 1. The molecule has 0 bridgehead atoms. The average Bonchev–Trinajstić information content (AvgIpc) is 3.05. The third-order valence-electron chi connectivity index (χ3n) is 12.3. The van der Waals surface area contributed by atoms with Gasteiger partial charge >= 0.3 is 5.97 Å². The summed E-state index contributed by atoms with van der Waals surface area (Å²) < 4.78 is 6.06. The van der Waals surface area contributed by atoms with Crippen LogP contribution >= 0.6 is 0 Å². The Morgan fingerprint density at radius 3 is 2.43 bits per heavy atom. The molecule has 1 aromatic rings. The molecule has 5 rings (SSSR count). The van der Waals surface area contributed by atoms with Crippen molar-refractivity contribution >= 4 is 11.9 Å². The van der Waals surface area contributed by atoms with Crippen molar-refractivity contribution in [3.63, 3.8) is 0 Å². The number of amides is 1. The van der Waals surface area contributed by atoms with Crippen molar-refractivity contribution in [2.45, 2.75) is 90.5 Å². The molecule has 4 aliphatic carbocycles. The topological polar surface area (TPSA) is 99.1 Å². The van der Waals surface area contributed by atoms with Crippen molar-refractivity contribution in [1.29, 1.82) is 0 Å². The lowest BCUT2D eigenvalue weighted by Crippen LogP contribution is -2.59. The van der Waals surface area contributed by atoms with E-state index in [0.29, 0.717) is 12.0 Å². The fourth-order valence-corrected chi connectivity index (χ4v) is 9.61. The molecule has 10 atom stereocenters. The van der Waals surface area contributed by atoms with Crippen LogP contribution in [0.4, 0.5) is 0 Å². The van der Waals surface area contributed by atoms with Gasteiger partial charge in [0, 0.05) is 42.2 Å². The molecule has 2 saturated carbocycles. The predicted molar refractivity (Wildman–Crippen MR) is 164 cm³/mol. The number of carbonyl (C=O) groups is 2. The van der Waals surface area contributed by atoms with E-state index < -0.39 is 17.1 Å². The van der Waals surface area contributed by atoms with Gasteiger partial charge in [0.05, 0.1) is 18.2 Å². The van der Waals surface area contributed by atoms with Gasteiger partial charge < -0.3 is 25.2 Å². The molecule has 3 N–H and O–H groups in total. The molecular weight excluding hydrogens is 528 g/mol. The fraction of sp³-hybridized carbons (Fsp3) is 0.657. The summed E-state index contributed by atoms with van der Waals surface area (Å²) in [6, 6.07) is 8.92. The molecular formula is C35H50N2O5. The van der Waals surface area contributed by atoms with Gasteiger partial charge in [0.25, 0.3) is 5.91 Å². The van der Waals surface area contributed by atoms with Crippen LogP contribution in [0, 0.1) is 34.0 Å². The SMILES string of the molecule is CC(=O)O[C@@H]1C[C@@]2(C)[C@@H]3CC[C@H]4[C@](C)(CO)[C@@H](NC(=O)c5ccccc5)C=C[C@@]4(O)CC3=CC[C@]2(C)[C@H]1[C@H](C)N(C)C. The number of aliphatic hydroxyl groups is 2. The maximum absolute atomic E-state index is 13.1. The maximum atomic E-state index is 13.1. The second-order valence-electron chi connectivity index (χ2n) is 14.6. The van der Waals surface area contributed by atoms with Crippen LogP contribution in [-0.2, 0) is 9.53 Å². The number of esters is 1. The zero-order valence-electron chi connectivity index (χ0n) is 26.4. The lowest BCUT2D eigenvalue weighted by molar-refractivity contribution is -0.150. The van der Waals surface area contributed by atoms with Crippen LogP contribution in [0.2, 0.25) is 0 Å². The first-order valence-electron chi connectivity index (χ1n) is 15.6. The highest BCUT2D eigenvalue weighted by Crippen LogP contribution is 2.69. The van der Waals surface area contributed by atoms with Crippen molar-refractivity contribution in [2.75, 3.05) is 20.7 Å². The average molecular weight is 579 g/mol. The zero-order chi connectivity index (χ0) is 30.7. The number of allylic oxidation sites excluding steroid dienone is 1. The molecule has 0 unspecified atom stereocenters. The number of fused-ring (bicyclic) bond motifs is 4. The van der Waals surface area contributed by atoms with Crippen LogP contribution in [0.1, 0.15) is 77.1 Å². The number of aliphatic hydroxyl groups excluding tert-OH is 1. The van der Waals surface area contributed by atoms with Gasteiger partial charge in [0.15, 0.2) is 0 Å². The number of rotatable bonds is 6. The molecule has 0 aliphatic heterocycles. The number of nitrogens with zero attached hydrogens (tertiary/aromatic N) is 1. The molecule has 230 valence electrons. The van der Waals surface area contributed by atoms with Crippen LogP contribution in [0.15, 0.2) is 54.1 Å². The Labute approximate surface area is 251 Å². The van der Waals surface area contributed by atoms with Gasteiger partial charge in [-0.1, -0.05) is 62.8 Å². The third kappa shape index (κ3) is 4.76. The van der Waals surface area contributed by atoms with Crippen molar-refractivity contribution in [3.05, 3.63) is 59.7 Å². The monoisotopic (exact) mass is 578 g/mol. The molecule has 7 nitrogen and oxygen atoms in total. The summed E-state index contributed by atoms with van der Waals surface area (Å²) in [6.45, 7) is 10.4. The molecule has 1 aromatic carbocycles. The largest absolute Gasteiger partial charge is 0.462 e. The van der Waals surface area contributed by atoms with Gasteiger partial charge in [-0.25, -0.2) is 0 Å². The minimum atomic E-state index is -1.12. The Kier molecular flexibility index (Phi) is 8.04. The van der Waals surface area contributed by atoms with E-state index in [1.807, 2.05) is 37.3 Å². The molecule has 2 fully saturated rings. The van der Waals surface area contributed by atoms with Crippen molar-refractivity contribution < 1.29 is 24.5 Å². The Balaban J connectivity index is 1.48. The van der Waals surface area contributed by atoms with E-state index in [1.165, 1.54) is 12.5 Å². The van der Waals surface area contributed by atoms with E-state index in [2.05, 4.69) is 51.2 Å². The predicted octanol–water partition coefficient (Wildman–Crippen LogP) is 4.75. The second-order valence-corrected chi connectivity index (χ2v) is 14.6. The van der Waals surface area contributed by atoms with Gasteiger partial charge in [0.2, 0.25) is 0 Å². The number of nitrogens with one attached hydrogen (secondary N) is 1. The summed E-state index contributed by atoms with van der Waals surface area (Å²) in [4.78, 5) is 27.6. The van der Waals surface area contributed by atoms with Crippen LogP contribution in [0.5, 0.6) is 0 Å². The smallest absolute Gasteiger partial charge is 0.302 e. The molecule has 0 saturated heterocycles. The Morgan fingerprint density at radius 1 is 1.12 bits per heavy atom. The molecule has 0 aromatic heterocycles. The van der Waals surface area contributed by atoms with Gasteiger partial charge in [0.1, 0.15) is 6.10 Å². The van der Waals surface area contributed by atoms with E-state index in [4.69, 9.17) is 4.74 Å². The first kappa shape index (κ1) is 31.0. The quantitative estimate of drug-likeness (QED) is 0.333. The van der Waals surface area contributed by atoms with E-state index >= 15 is 0 Å². The molecule has 0 spiro atoms. The van der Waals surface area contributed by atoms with Gasteiger partial charge in [-0.2, -0.15) is 0 Å². The molecule has 0 radical (unpaired) electrons. The van der Waals surface area contributed by atoms with Crippen LogP contribution < -0.4 is 5.32 Å². The first-order chi connectivity index (χ1) is 19.7. The number of hydrogen-bond donors (Lipinski definition) is 3. The highest BCUT2D eigenvalue weighted by Gasteiger charge is 2.66. The van der Waals surface area contributed by atoms with Gasteiger partial charge in [-0.3, -0.25) is 9.59 Å². The van der Waals surface area contributed by atoms with Crippen molar-refractivity contribution in [1.82, 2.24) is 10.2 Å². The van der Waals surface area contributed by atoms with Crippen molar-refractivity contribution in [3.8, 4) is 0 Å². The molecule has 42 heavy (non-hydrogen) atoms. The number of carbonyl (C=O) groups excluding carboxylic acids is 2. The lowest BCUT2D eigenvalue weighted by Gasteiger charge is -2.54. The van der Waals surface area contributed by atoms with E-state index in [0.717, 1.165) is 25.7 Å². The fourth-order valence-electron chi connectivity index (χ4n) is 9.61. The Hall–Kier alpha value is -2.48. The summed E-state index contributed by atoms with van der Waals surface area (Å²) in [5.41, 5.74) is -0.246. The molecule has 4 aliphatic rings. The van der Waals surface area contributed by atoms with Crippen LogP contribution in [0.25, 0.3) is 0 Å². The summed E-state index contributed by atoms with van der Waals surface area (Å²) in [6.07, 6.45) is 9.72. The van der Waals surface area contributed by atoms with Crippen LogP contribution in [0.3, 0.4) is 0 Å². The molecule has 0 heterocycles. The standard InChI is InChI=1S/C35H50N2O5/c1-22(37(6)7)30-27(42-23(2)39)20-34(5)26-13-14-28-32(3,21-38)29(36-31(40)24-11-9-8-10-12-24)16-18-35(28,41)19-25(26)15-17-33(30,34)4/h8-12,15-16,18,22,26-30,38,41H,13-14,17,19-21H2,1-7H3,(H,36,40)/t22-,26+,27+,28-,29-,30-,32-,33+,34-,35+/m0/s1. The highest BCUT2D eigenvalue weighted by atomic mass is 16.5.